The van der Waals surface area contributed by atoms with Crippen LogP contribution in [0.3, 0.4) is 0 Å². The second kappa shape index (κ2) is 4.48. The summed E-state index contributed by atoms with van der Waals surface area (Å²) in [5.41, 5.74) is 0.629. The van der Waals surface area contributed by atoms with E-state index < -0.39 is 5.60 Å². The molecule has 3 rings (SSSR count). The molecule has 2 nitrogen and oxygen atoms in total. The minimum atomic E-state index is -0.992. The molecule has 1 aliphatic heterocycles. The number of hydrogen-bond donors (Lipinski definition) is 1. The van der Waals surface area contributed by atoms with Crippen LogP contribution in [0.25, 0.3) is 0 Å². The number of aliphatic hydroxyl groups is 1. The minimum absolute atomic E-state index is 0.208. The van der Waals surface area contributed by atoms with Crippen molar-refractivity contribution in [1.29, 1.82) is 0 Å². The predicted molar refractivity (Wildman–Crippen MR) is 74.9 cm³/mol. The van der Waals surface area contributed by atoms with E-state index in [1.165, 1.54) is 0 Å². The summed E-state index contributed by atoms with van der Waals surface area (Å²) in [6.45, 7) is 2.76. The number of hydrogen-bond acceptors (Lipinski definition) is 2. The summed E-state index contributed by atoms with van der Waals surface area (Å²) in [7, 11) is 0. The largest absolute Gasteiger partial charge is 0.380 e. The van der Waals surface area contributed by atoms with Crippen molar-refractivity contribution in [2.24, 2.45) is 0 Å². The van der Waals surface area contributed by atoms with Crippen molar-refractivity contribution >= 4 is 0 Å². The predicted octanol–water partition coefficient (Wildman–Crippen LogP) is 3.10. The number of epoxide rings is 1. The summed E-state index contributed by atoms with van der Waals surface area (Å²) in [5, 5.41) is 11.2. The molecule has 1 atom stereocenters. The lowest BCUT2D eigenvalue weighted by Crippen LogP contribution is -2.32. The fourth-order valence-electron chi connectivity index (χ4n) is 2.56. The van der Waals surface area contributed by atoms with E-state index in [-0.39, 0.29) is 5.60 Å². The highest BCUT2D eigenvalue weighted by Crippen LogP contribution is 2.43. The fraction of sp³-hybridized carbons (Fsp3) is 0.294. The molecule has 1 fully saturated rings. The highest BCUT2D eigenvalue weighted by molar-refractivity contribution is 5.36. The van der Waals surface area contributed by atoms with Gasteiger partial charge in [-0.2, -0.15) is 0 Å². The van der Waals surface area contributed by atoms with Crippen LogP contribution < -0.4 is 0 Å². The molecule has 0 aromatic heterocycles. The molecule has 1 aliphatic rings. The highest BCUT2D eigenvalue weighted by Gasteiger charge is 2.48. The Hall–Kier alpha value is -1.64. The van der Waals surface area contributed by atoms with E-state index in [9.17, 15) is 5.11 Å². The number of benzene rings is 2. The average molecular weight is 254 g/mol. The molecule has 0 amide bonds. The molecular weight excluding hydrogens is 236 g/mol. The second-order valence-corrected chi connectivity index (χ2v) is 5.51. The number of rotatable bonds is 4. The molecule has 0 aliphatic carbocycles. The first-order valence-electron chi connectivity index (χ1n) is 6.60. The van der Waals surface area contributed by atoms with Crippen molar-refractivity contribution in [2.45, 2.75) is 24.5 Å². The van der Waals surface area contributed by atoms with Crippen LogP contribution >= 0.6 is 0 Å². The van der Waals surface area contributed by atoms with Crippen molar-refractivity contribution < 1.29 is 9.84 Å². The zero-order valence-electron chi connectivity index (χ0n) is 11.0. The zero-order valence-corrected chi connectivity index (χ0v) is 11.0. The van der Waals surface area contributed by atoms with Crippen LogP contribution in [0.5, 0.6) is 0 Å². The maximum atomic E-state index is 11.2. The van der Waals surface area contributed by atoms with Gasteiger partial charge in [0.2, 0.25) is 0 Å². The van der Waals surface area contributed by atoms with E-state index in [0.717, 1.165) is 17.7 Å². The Labute approximate surface area is 113 Å². The van der Waals surface area contributed by atoms with Gasteiger partial charge in [-0.1, -0.05) is 60.7 Å². The van der Waals surface area contributed by atoms with Crippen LogP contribution in [0.4, 0.5) is 0 Å². The van der Waals surface area contributed by atoms with Gasteiger partial charge in [-0.15, -0.1) is 0 Å². The molecule has 1 saturated heterocycles. The molecule has 1 unspecified atom stereocenters. The lowest BCUT2D eigenvalue weighted by Gasteiger charge is -2.31. The monoisotopic (exact) mass is 254 g/mol. The first kappa shape index (κ1) is 12.4. The van der Waals surface area contributed by atoms with Crippen LogP contribution in [-0.4, -0.2) is 17.3 Å². The molecule has 0 saturated carbocycles. The lowest BCUT2D eigenvalue weighted by molar-refractivity contribution is 0.0458. The van der Waals surface area contributed by atoms with Crippen LogP contribution in [0.2, 0.25) is 0 Å². The normalized spacial score (nSPS) is 22.2. The third-order valence-electron chi connectivity index (χ3n) is 3.77. The average Bonchev–Trinajstić information content (AvgIpc) is 3.18. The van der Waals surface area contributed by atoms with Crippen molar-refractivity contribution in [1.82, 2.24) is 0 Å². The first-order valence-corrected chi connectivity index (χ1v) is 6.60. The van der Waals surface area contributed by atoms with Gasteiger partial charge in [-0.25, -0.2) is 0 Å². The van der Waals surface area contributed by atoms with E-state index in [1.54, 1.807) is 0 Å². The highest BCUT2D eigenvalue weighted by atomic mass is 16.6. The van der Waals surface area contributed by atoms with E-state index in [0.29, 0.717) is 6.42 Å². The summed E-state index contributed by atoms with van der Waals surface area (Å²) in [6, 6.07) is 19.6. The smallest absolute Gasteiger partial charge is 0.117 e. The Bertz CT molecular complexity index is 504. The molecule has 0 bridgehead atoms. The van der Waals surface area contributed by atoms with Gasteiger partial charge in [0.1, 0.15) is 5.60 Å². The van der Waals surface area contributed by atoms with Gasteiger partial charge >= 0.3 is 0 Å². The molecule has 1 heterocycles. The Morgan fingerprint density at radius 3 is 1.79 bits per heavy atom. The van der Waals surface area contributed by atoms with Crippen molar-refractivity contribution in [3.05, 3.63) is 71.8 Å². The SMILES string of the molecule is CC1(CC(O)(c2ccccc2)c2ccccc2)CO1. The lowest BCUT2D eigenvalue weighted by atomic mass is 9.80. The third-order valence-corrected chi connectivity index (χ3v) is 3.77. The molecule has 0 radical (unpaired) electrons. The quantitative estimate of drug-likeness (QED) is 0.850. The van der Waals surface area contributed by atoms with Crippen LogP contribution in [0.15, 0.2) is 60.7 Å². The van der Waals surface area contributed by atoms with Gasteiger partial charge < -0.3 is 9.84 Å². The second-order valence-electron chi connectivity index (χ2n) is 5.51. The summed E-state index contributed by atoms with van der Waals surface area (Å²) < 4.78 is 5.47. The summed E-state index contributed by atoms with van der Waals surface area (Å²) in [5.74, 6) is 0. The van der Waals surface area contributed by atoms with Crippen molar-refractivity contribution in [3.8, 4) is 0 Å². The molecule has 0 spiro atoms. The van der Waals surface area contributed by atoms with E-state index >= 15 is 0 Å². The van der Waals surface area contributed by atoms with E-state index in [1.807, 2.05) is 67.6 Å². The topological polar surface area (TPSA) is 32.8 Å². The number of ether oxygens (including phenoxy) is 1. The van der Waals surface area contributed by atoms with Crippen LogP contribution in [-0.2, 0) is 10.3 Å². The maximum Gasteiger partial charge on any atom is 0.117 e. The molecular formula is C17H18O2. The maximum absolute atomic E-state index is 11.2. The van der Waals surface area contributed by atoms with Gasteiger partial charge in [-0.05, 0) is 18.1 Å². The zero-order chi connectivity index (χ0) is 13.3. The molecule has 19 heavy (non-hydrogen) atoms. The molecule has 2 aromatic rings. The Balaban J connectivity index is 2.05. The minimum Gasteiger partial charge on any atom is -0.380 e. The Morgan fingerprint density at radius 2 is 1.42 bits per heavy atom. The van der Waals surface area contributed by atoms with Crippen LogP contribution in [0, 0.1) is 0 Å². The molecule has 1 N–H and O–H groups in total. The van der Waals surface area contributed by atoms with Gasteiger partial charge in [0.05, 0.1) is 12.2 Å². The van der Waals surface area contributed by atoms with Crippen LogP contribution in [0.1, 0.15) is 24.5 Å². The molecule has 98 valence electrons. The first-order chi connectivity index (χ1) is 9.12. The van der Waals surface area contributed by atoms with E-state index in [4.69, 9.17) is 4.74 Å². The molecule has 2 aromatic carbocycles. The Morgan fingerprint density at radius 1 is 1.00 bits per heavy atom. The van der Waals surface area contributed by atoms with Gasteiger partial charge in [0.15, 0.2) is 0 Å². The van der Waals surface area contributed by atoms with Crippen molar-refractivity contribution in [2.75, 3.05) is 6.61 Å². The van der Waals surface area contributed by atoms with Gasteiger partial charge in [0, 0.05) is 6.42 Å². The van der Waals surface area contributed by atoms with Crippen molar-refractivity contribution in [3.63, 3.8) is 0 Å². The fourth-order valence-corrected chi connectivity index (χ4v) is 2.56. The summed E-state index contributed by atoms with van der Waals surface area (Å²) in [6.07, 6.45) is 0.577. The third kappa shape index (κ3) is 2.42. The standard InChI is InChI=1S/C17H18O2/c1-16(13-19-16)12-17(18,14-8-4-2-5-9-14)15-10-6-3-7-11-15/h2-11,18H,12-13H2,1H3. The molecule has 2 heteroatoms. The Kier molecular flexibility index (Phi) is 2.92. The van der Waals surface area contributed by atoms with E-state index in [2.05, 4.69) is 0 Å². The van der Waals surface area contributed by atoms with Gasteiger partial charge in [-0.3, -0.25) is 0 Å². The van der Waals surface area contributed by atoms with Gasteiger partial charge in [0.25, 0.3) is 0 Å². The summed E-state index contributed by atoms with van der Waals surface area (Å²) in [4.78, 5) is 0. The summed E-state index contributed by atoms with van der Waals surface area (Å²) >= 11 is 0.